The standard InChI is InChI=1S/C10H9N7O/c11-4-2-1-3-13-5(4)7-14-6-8(15-7)16-10(12)17-9(6)18/h1-3H,11H2,(H4,12,14,15,16,17,18). The molecular weight excluding hydrogens is 234 g/mol. The summed E-state index contributed by atoms with van der Waals surface area (Å²) in [6.07, 6.45) is 1.59. The molecule has 90 valence electrons. The fourth-order valence-corrected chi connectivity index (χ4v) is 1.65. The van der Waals surface area contributed by atoms with Crippen LogP contribution in [0.1, 0.15) is 0 Å². The molecule has 0 aliphatic heterocycles. The van der Waals surface area contributed by atoms with E-state index in [-0.39, 0.29) is 22.7 Å². The molecule has 3 aromatic heterocycles. The molecule has 8 heteroatoms. The Labute approximate surface area is 100 Å². The quantitative estimate of drug-likeness (QED) is 0.469. The van der Waals surface area contributed by atoms with E-state index < -0.39 is 0 Å². The second kappa shape index (κ2) is 3.55. The van der Waals surface area contributed by atoms with Crippen LogP contribution in [0.15, 0.2) is 23.1 Å². The molecule has 3 rings (SSSR count). The first-order valence-corrected chi connectivity index (χ1v) is 5.11. The second-order valence-corrected chi connectivity index (χ2v) is 3.68. The van der Waals surface area contributed by atoms with Crippen molar-refractivity contribution in [2.45, 2.75) is 0 Å². The summed E-state index contributed by atoms with van der Waals surface area (Å²) in [7, 11) is 0. The van der Waals surface area contributed by atoms with Crippen molar-refractivity contribution in [3.8, 4) is 11.5 Å². The fraction of sp³-hybridized carbons (Fsp3) is 0. The van der Waals surface area contributed by atoms with Gasteiger partial charge in [0.2, 0.25) is 5.95 Å². The molecule has 0 unspecified atom stereocenters. The number of nitrogens with zero attached hydrogens (tertiary/aromatic N) is 3. The summed E-state index contributed by atoms with van der Waals surface area (Å²) in [4.78, 5) is 29.0. The van der Waals surface area contributed by atoms with Gasteiger partial charge in [-0.2, -0.15) is 4.98 Å². The Hall–Kier alpha value is -2.90. The Kier molecular flexibility index (Phi) is 2.03. The number of pyridine rings is 1. The van der Waals surface area contributed by atoms with Gasteiger partial charge in [0.05, 0.1) is 5.69 Å². The zero-order valence-electron chi connectivity index (χ0n) is 9.14. The van der Waals surface area contributed by atoms with E-state index in [9.17, 15) is 4.79 Å². The van der Waals surface area contributed by atoms with Gasteiger partial charge >= 0.3 is 0 Å². The number of anilines is 2. The maximum atomic E-state index is 11.6. The molecule has 0 bridgehead atoms. The molecular formula is C10H9N7O. The van der Waals surface area contributed by atoms with Gasteiger partial charge in [0.15, 0.2) is 17.0 Å². The number of nitrogen functional groups attached to an aromatic ring is 2. The van der Waals surface area contributed by atoms with Crippen LogP contribution >= 0.6 is 0 Å². The molecule has 18 heavy (non-hydrogen) atoms. The normalized spacial score (nSPS) is 10.9. The molecule has 0 atom stereocenters. The molecule has 3 aromatic rings. The van der Waals surface area contributed by atoms with E-state index in [2.05, 4.69) is 24.9 Å². The molecule has 0 saturated carbocycles. The Balaban J connectivity index is 2.30. The molecule has 8 nitrogen and oxygen atoms in total. The second-order valence-electron chi connectivity index (χ2n) is 3.68. The SMILES string of the molecule is Nc1nc2nc(-c3ncccc3N)[nH]c2c(=O)[nH]1. The van der Waals surface area contributed by atoms with Gasteiger partial charge < -0.3 is 16.5 Å². The Bertz CT molecular complexity index is 788. The highest BCUT2D eigenvalue weighted by atomic mass is 16.1. The van der Waals surface area contributed by atoms with E-state index in [1.165, 1.54) is 0 Å². The number of nitrogens with two attached hydrogens (primary N) is 2. The first-order valence-electron chi connectivity index (χ1n) is 5.11. The van der Waals surface area contributed by atoms with Crippen molar-refractivity contribution in [3.05, 3.63) is 28.7 Å². The third kappa shape index (κ3) is 1.47. The predicted molar refractivity (Wildman–Crippen MR) is 66.6 cm³/mol. The molecule has 0 saturated heterocycles. The van der Waals surface area contributed by atoms with Crippen LogP contribution < -0.4 is 17.0 Å². The molecule has 0 fully saturated rings. The van der Waals surface area contributed by atoms with E-state index >= 15 is 0 Å². The summed E-state index contributed by atoms with van der Waals surface area (Å²) in [6, 6.07) is 3.41. The minimum atomic E-state index is -0.384. The first-order chi connectivity index (χ1) is 8.65. The number of hydrogen-bond donors (Lipinski definition) is 4. The Morgan fingerprint density at radius 1 is 1.17 bits per heavy atom. The average Bonchev–Trinajstić information content (AvgIpc) is 2.73. The smallest absolute Gasteiger partial charge is 0.278 e. The number of aromatic amines is 2. The topological polar surface area (TPSA) is 139 Å². The number of aromatic nitrogens is 5. The van der Waals surface area contributed by atoms with Crippen LogP contribution in [0.4, 0.5) is 11.6 Å². The van der Waals surface area contributed by atoms with Crippen molar-refractivity contribution in [3.63, 3.8) is 0 Å². The summed E-state index contributed by atoms with van der Waals surface area (Å²) in [5, 5.41) is 0. The van der Waals surface area contributed by atoms with Crippen molar-refractivity contribution < 1.29 is 0 Å². The fourth-order valence-electron chi connectivity index (χ4n) is 1.65. The van der Waals surface area contributed by atoms with Gasteiger partial charge in [0.25, 0.3) is 5.56 Å². The Morgan fingerprint density at radius 3 is 2.78 bits per heavy atom. The number of hydrogen-bond acceptors (Lipinski definition) is 6. The van der Waals surface area contributed by atoms with E-state index in [1.807, 2.05) is 0 Å². The van der Waals surface area contributed by atoms with Crippen molar-refractivity contribution in [1.82, 2.24) is 24.9 Å². The van der Waals surface area contributed by atoms with E-state index in [4.69, 9.17) is 11.5 Å². The van der Waals surface area contributed by atoms with Crippen LogP contribution in [0.25, 0.3) is 22.7 Å². The number of imidazole rings is 1. The molecule has 0 amide bonds. The molecule has 0 spiro atoms. The van der Waals surface area contributed by atoms with Gasteiger partial charge in [-0.15, -0.1) is 0 Å². The Morgan fingerprint density at radius 2 is 2.00 bits per heavy atom. The lowest BCUT2D eigenvalue weighted by atomic mass is 10.3. The molecule has 3 heterocycles. The van der Waals surface area contributed by atoms with E-state index in [1.54, 1.807) is 18.3 Å². The zero-order chi connectivity index (χ0) is 12.7. The highest BCUT2D eigenvalue weighted by Crippen LogP contribution is 2.21. The van der Waals surface area contributed by atoms with Gasteiger partial charge in [-0.25, -0.2) is 4.98 Å². The van der Waals surface area contributed by atoms with Gasteiger partial charge in [-0.1, -0.05) is 0 Å². The summed E-state index contributed by atoms with van der Waals surface area (Å²) in [5.74, 6) is 0.395. The average molecular weight is 243 g/mol. The van der Waals surface area contributed by atoms with E-state index in [0.29, 0.717) is 17.2 Å². The maximum absolute atomic E-state index is 11.6. The summed E-state index contributed by atoms with van der Waals surface area (Å²) >= 11 is 0. The highest BCUT2D eigenvalue weighted by molar-refractivity contribution is 5.78. The van der Waals surface area contributed by atoms with Crippen molar-refractivity contribution >= 4 is 22.8 Å². The van der Waals surface area contributed by atoms with Crippen LogP contribution in [-0.4, -0.2) is 24.9 Å². The number of H-pyrrole nitrogens is 2. The van der Waals surface area contributed by atoms with Gasteiger partial charge in [-0.3, -0.25) is 14.8 Å². The van der Waals surface area contributed by atoms with Crippen LogP contribution in [0.2, 0.25) is 0 Å². The lowest BCUT2D eigenvalue weighted by Gasteiger charge is -1.98. The number of fused-ring (bicyclic) bond motifs is 1. The minimum Gasteiger partial charge on any atom is -0.397 e. The van der Waals surface area contributed by atoms with Crippen LogP contribution in [0, 0.1) is 0 Å². The summed E-state index contributed by atoms with van der Waals surface area (Å²) < 4.78 is 0. The number of rotatable bonds is 1. The number of nitrogens with one attached hydrogen (secondary N) is 2. The largest absolute Gasteiger partial charge is 0.397 e. The van der Waals surface area contributed by atoms with Gasteiger partial charge in [-0.05, 0) is 12.1 Å². The minimum absolute atomic E-state index is 0.0135. The van der Waals surface area contributed by atoms with E-state index in [0.717, 1.165) is 0 Å². The van der Waals surface area contributed by atoms with Crippen molar-refractivity contribution in [2.75, 3.05) is 11.5 Å². The lowest BCUT2D eigenvalue weighted by molar-refractivity contribution is 1.17. The molecule has 0 aromatic carbocycles. The summed E-state index contributed by atoms with van der Waals surface area (Å²) in [5.41, 5.74) is 12.2. The summed E-state index contributed by atoms with van der Waals surface area (Å²) in [6.45, 7) is 0. The van der Waals surface area contributed by atoms with Crippen LogP contribution in [-0.2, 0) is 0 Å². The van der Waals surface area contributed by atoms with Crippen LogP contribution in [0.5, 0.6) is 0 Å². The first kappa shape index (κ1) is 10.3. The highest BCUT2D eigenvalue weighted by Gasteiger charge is 2.12. The lowest BCUT2D eigenvalue weighted by Crippen LogP contribution is -2.10. The third-order valence-corrected chi connectivity index (χ3v) is 2.44. The van der Waals surface area contributed by atoms with Crippen molar-refractivity contribution in [2.24, 2.45) is 0 Å². The van der Waals surface area contributed by atoms with Crippen molar-refractivity contribution in [1.29, 1.82) is 0 Å². The zero-order valence-corrected chi connectivity index (χ0v) is 9.14. The monoisotopic (exact) mass is 243 g/mol. The molecule has 0 radical (unpaired) electrons. The molecule has 0 aliphatic rings. The van der Waals surface area contributed by atoms with Gasteiger partial charge in [0.1, 0.15) is 5.69 Å². The predicted octanol–water partition coefficient (Wildman–Crippen LogP) is -0.127. The van der Waals surface area contributed by atoms with Gasteiger partial charge in [0, 0.05) is 6.20 Å². The maximum Gasteiger partial charge on any atom is 0.278 e. The van der Waals surface area contributed by atoms with Crippen LogP contribution in [0.3, 0.4) is 0 Å². The molecule has 6 N–H and O–H groups in total. The molecule has 0 aliphatic carbocycles. The third-order valence-electron chi connectivity index (χ3n) is 2.44.